The fraction of sp³-hybridized carbons (Fsp3) is 0.286. The number of hydrogen-bond acceptors (Lipinski definition) is 5. The van der Waals surface area contributed by atoms with Gasteiger partial charge in [0.25, 0.3) is 11.7 Å². The third-order valence-corrected chi connectivity index (χ3v) is 3.71. The van der Waals surface area contributed by atoms with Crippen LogP contribution < -0.4 is 4.90 Å². The fourth-order valence-corrected chi connectivity index (χ4v) is 2.36. The van der Waals surface area contributed by atoms with Crippen molar-refractivity contribution in [2.24, 2.45) is 0 Å². The van der Waals surface area contributed by atoms with Crippen molar-refractivity contribution in [3.63, 3.8) is 0 Å². The van der Waals surface area contributed by atoms with Crippen LogP contribution in [0.4, 0.5) is 5.69 Å². The Kier molecular flexibility index (Phi) is 2.67. The average Bonchev–Trinajstić information content (AvgIpc) is 2.92. The van der Waals surface area contributed by atoms with Gasteiger partial charge in [-0.2, -0.15) is 0 Å². The molecule has 1 aliphatic heterocycles. The Bertz CT molecular complexity index is 733. The van der Waals surface area contributed by atoms with Crippen molar-refractivity contribution in [3.05, 3.63) is 40.2 Å². The van der Waals surface area contributed by atoms with Gasteiger partial charge in [-0.05, 0) is 38.0 Å². The number of carbonyl (C=O) groups excluding carboxylic acids is 2. The van der Waals surface area contributed by atoms with E-state index in [1.807, 2.05) is 19.9 Å². The van der Waals surface area contributed by atoms with E-state index in [1.54, 1.807) is 13.0 Å². The molecule has 6 nitrogen and oxygen atoms in total. The number of amides is 1. The monoisotopic (exact) mass is 271 g/mol. The number of Topliss-reactive ketones (excluding diaryl/α,β-unsaturated/α-hetero) is 1. The number of anilines is 1. The van der Waals surface area contributed by atoms with Crippen molar-refractivity contribution >= 4 is 17.4 Å². The van der Waals surface area contributed by atoms with E-state index in [2.05, 4.69) is 14.9 Å². The number of aromatic nitrogens is 2. The highest BCUT2D eigenvalue weighted by molar-refractivity contribution is 6.52. The highest BCUT2D eigenvalue weighted by Crippen LogP contribution is 2.35. The minimum atomic E-state index is -0.531. The van der Waals surface area contributed by atoms with Crippen LogP contribution in [0.5, 0.6) is 0 Å². The molecule has 102 valence electrons. The summed E-state index contributed by atoms with van der Waals surface area (Å²) in [7, 11) is 0. The zero-order valence-corrected chi connectivity index (χ0v) is 11.4. The number of rotatable bonds is 2. The Labute approximate surface area is 115 Å². The molecule has 2 aromatic rings. The second kappa shape index (κ2) is 4.26. The smallest absolute Gasteiger partial charge is 0.298 e. The van der Waals surface area contributed by atoms with Crippen LogP contribution in [0.15, 0.2) is 16.8 Å². The van der Waals surface area contributed by atoms with Gasteiger partial charge in [0.05, 0.1) is 17.8 Å². The first kappa shape index (κ1) is 12.5. The lowest BCUT2D eigenvalue weighted by molar-refractivity contribution is -0.114. The van der Waals surface area contributed by atoms with Gasteiger partial charge in [0.15, 0.2) is 0 Å². The quantitative estimate of drug-likeness (QED) is 0.777. The SMILES string of the molecule is Cc1ccc2c(c1C)N(Cc1nonc1C)C(=O)C2=O. The number of hydrogen-bond donors (Lipinski definition) is 0. The van der Waals surface area contributed by atoms with Crippen LogP contribution in [0.1, 0.15) is 32.9 Å². The molecule has 0 saturated carbocycles. The summed E-state index contributed by atoms with van der Waals surface area (Å²) in [6.45, 7) is 5.79. The molecule has 6 heteroatoms. The Balaban J connectivity index is 2.10. The first-order chi connectivity index (χ1) is 9.50. The van der Waals surface area contributed by atoms with E-state index in [9.17, 15) is 9.59 Å². The van der Waals surface area contributed by atoms with Gasteiger partial charge in [-0.3, -0.25) is 14.5 Å². The molecule has 2 heterocycles. The fourth-order valence-electron chi connectivity index (χ4n) is 2.36. The summed E-state index contributed by atoms with van der Waals surface area (Å²) in [6, 6.07) is 3.55. The summed E-state index contributed by atoms with van der Waals surface area (Å²) in [5, 5.41) is 7.46. The first-order valence-electron chi connectivity index (χ1n) is 6.25. The van der Waals surface area contributed by atoms with Gasteiger partial charge < -0.3 is 0 Å². The average molecular weight is 271 g/mol. The number of fused-ring (bicyclic) bond motifs is 1. The lowest BCUT2D eigenvalue weighted by Crippen LogP contribution is -2.30. The van der Waals surface area contributed by atoms with Gasteiger partial charge in [-0.1, -0.05) is 16.4 Å². The molecule has 0 spiro atoms. The molecule has 1 aromatic carbocycles. The van der Waals surface area contributed by atoms with Gasteiger partial charge in [-0.15, -0.1) is 0 Å². The normalized spacial score (nSPS) is 14.1. The lowest BCUT2D eigenvalue weighted by Gasteiger charge is -2.18. The molecule has 1 aromatic heterocycles. The molecule has 0 atom stereocenters. The van der Waals surface area contributed by atoms with E-state index in [1.165, 1.54) is 4.90 Å². The maximum atomic E-state index is 12.2. The van der Waals surface area contributed by atoms with Crippen LogP contribution in [-0.4, -0.2) is 22.0 Å². The summed E-state index contributed by atoms with van der Waals surface area (Å²) < 4.78 is 4.64. The molecule has 0 fully saturated rings. The zero-order valence-electron chi connectivity index (χ0n) is 11.4. The largest absolute Gasteiger partial charge is 0.299 e. The van der Waals surface area contributed by atoms with Gasteiger partial charge in [0, 0.05) is 0 Å². The lowest BCUT2D eigenvalue weighted by atomic mass is 10.0. The number of benzene rings is 1. The topological polar surface area (TPSA) is 76.3 Å². The number of nitrogens with zero attached hydrogens (tertiary/aromatic N) is 3. The van der Waals surface area contributed by atoms with Crippen LogP contribution in [-0.2, 0) is 11.3 Å². The van der Waals surface area contributed by atoms with E-state index in [0.717, 1.165) is 11.1 Å². The van der Waals surface area contributed by atoms with Crippen LogP contribution in [0.2, 0.25) is 0 Å². The minimum Gasteiger partial charge on any atom is -0.298 e. The highest BCUT2D eigenvalue weighted by atomic mass is 16.6. The summed E-state index contributed by atoms with van der Waals surface area (Å²) in [5.41, 5.74) is 4.25. The molecule has 0 bridgehead atoms. The van der Waals surface area contributed by atoms with Crippen molar-refractivity contribution < 1.29 is 14.2 Å². The minimum absolute atomic E-state index is 0.192. The van der Waals surface area contributed by atoms with E-state index >= 15 is 0 Å². The molecule has 0 saturated heterocycles. The molecule has 0 radical (unpaired) electrons. The summed E-state index contributed by atoms with van der Waals surface area (Å²) in [5.74, 6) is -1.01. The van der Waals surface area contributed by atoms with Gasteiger partial charge in [0.2, 0.25) is 0 Å². The second-order valence-electron chi connectivity index (χ2n) is 4.92. The third-order valence-electron chi connectivity index (χ3n) is 3.71. The van der Waals surface area contributed by atoms with Crippen LogP contribution in [0.25, 0.3) is 0 Å². The van der Waals surface area contributed by atoms with Crippen molar-refractivity contribution in [3.8, 4) is 0 Å². The van der Waals surface area contributed by atoms with Crippen molar-refractivity contribution in [2.75, 3.05) is 4.90 Å². The Morgan fingerprint density at radius 3 is 2.55 bits per heavy atom. The van der Waals surface area contributed by atoms with Gasteiger partial charge in [-0.25, -0.2) is 4.63 Å². The summed E-state index contributed by atoms with van der Waals surface area (Å²) >= 11 is 0. The van der Waals surface area contributed by atoms with E-state index in [-0.39, 0.29) is 6.54 Å². The molecule has 1 aliphatic rings. The third kappa shape index (κ3) is 1.65. The predicted molar refractivity (Wildman–Crippen MR) is 70.5 cm³/mol. The highest BCUT2D eigenvalue weighted by Gasteiger charge is 2.37. The van der Waals surface area contributed by atoms with Gasteiger partial charge >= 0.3 is 0 Å². The maximum Gasteiger partial charge on any atom is 0.299 e. The number of aryl methyl sites for hydroxylation is 2. The Hall–Kier alpha value is -2.50. The van der Waals surface area contributed by atoms with Crippen molar-refractivity contribution in [2.45, 2.75) is 27.3 Å². The molecule has 3 rings (SSSR count). The van der Waals surface area contributed by atoms with Crippen LogP contribution >= 0.6 is 0 Å². The van der Waals surface area contributed by atoms with Gasteiger partial charge in [0.1, 0.15) is 11.4 Å². The molecule has 0 unspecified atom stereocenters. The summed E-state index contributed by atoms with van der Waals surface area (Å²) in [4.78, 5) is 25.6. The predicted octanol–water partition coefficient (Wildman–Crippen LogP) is 1.72. The molecule has 1 amide bonds. The molecular weight excluding hydrogens is 258 g/mol. The standard InChI is InChI=1S/C14H13N3O3/c1-7-4-5-10-12(8(7)2)17(14(19)13(10)18)6-11-9(3)15-20-16-11/h4-5H,6H2,1-3H3. The first-order valence-corrected chi connectivity index (χ1v) is 6.25. The molecular formula is C14H13N3O3. The Morgan fingerprint density at radius 1 is 1.15 bits per heavy atom. The van der Waals surface area contributed by atoms with E-state index in [0.29, 0.717) is 22.6 Å². The number of carbonyl (C=O) groups is 2. The van der Waals surface area contributed by atoms with Crippen LogP contribution in [0, 0.1) is 20.8 Å². The number of ketones is 1. The Morgan fingerprint density at radius 2 is 1.90 bits per heavy atom. The molecule has 0 N–H and O–H groups in total. The summed E-state index contributed by atoms with van der Waals surface area (Å²) in [6.07, 6.45) is 0. The van der Waals surface area contributed by atoms with E-state index < -0.39 is 11.7 Å². The van der Waals surface area contributed by atoms with Crippen molar-refractivity contribution in [1.29, 1.82) is 0 Å². The molecule has 0 aliphatic carbocycles. The second-order valence-corrected chi connectivity index (χ2v) is 4.92. The van der Waals surface area contributed by atoms with Crippen molar-refractivity contribution in [1.82, 2.24) is 10.3 Å². The zero-order chi connectivity index (χ0) is 14.4. The maximum absolute atomic E-state index is 12.2. The van der Waals surface area contributed by atoms with E-state index in [4.69, 9.17) is 0 Å². The van der Waals surface area contributed by atoms with Crippen LogP contribution in [0.3, 0.4) is 0 Å². The molecule has 20 heavy (non-hydrogen) atoms.